The number of nitrogens with zero attached hydrogens (tertiary/aromatic N) is 5. The first-order valence-electron chi connectivity index (χ1n) is 12.5. The van der Waals surface area contributed by atoms with E-state index >= 15 is 0 Å². The predicted octanol–water partition coefficient (Wildman–Crippen LogP) is 2.97. The molecule has 2 fully saturated rings. The first-order valence-corrected chi connectivity index (χ1v) is 12.5. The number of carbonyl (C=O) groups excluding carboxylic acids is 1. The Kier molecular flexibility index (Phi) is 6.64. The number of hydrogen-bond donors (Lipinski definition) is 2. The van der Waals surface area contributed by atoms with Gasteiger partial charge in [0.25, 0.3) is 5.91 Å². The number of carbonyl (C=O) groups is 1. The van der Waals surface area contributed by atoms with Gasteiger partial charge in [0.15, 0.2) is 0 Å². The van der Waals surface area contributed by atoms with Crippen molar-refractivity contribution in [3.05, 3.63) is 59.4 Å². The predicted molar refractivity (Wildman–Crippen MR) is 143 cm³/mol. The van der Waals surface area contributed by atoms with Crippen LogP contribution in [0.2, 0.25) is 0 Å². The fourth-order valence-electron chi connectivity index (χ4n) is 5.28. The highest BCUT2D eigenvalue weighted by molar-refractivity contribution is 5.94. The highest BCUT2D eigenvalue weighted by Crippen LogP contribution is 2.34. The van der Waals surface area contributed by atoms with Gasteiger partial charge in [-0.3, -0.25) is 9.78 Å². The molecule has 8 heteroatoms. The van der Waals surface area contributed by atoms with Crippen LogP contribution < -0.4 is 10.6 Å². The average molecular weight is 487 g/mol. The Morgan fingerprint density at radius 1 is 0.972 bits per heavy atom. The van der Waals surface area contributed by atoms with Crippen molar-refractivity contribution in [1.29, 1.82) is 0 Å². The molecule has 0 bridgehead atoms. The van der Waals surface area contributed by atoms with Gasteiger partial charge in [-0.25, -0.2) is 4.98 Å². The number of pyridine rings is 2. The number of aliphatic hydroxyl groups excluding tert-OH is 1. The third-order valence-electron chi connectivity index (χ3n) is 7.30. The minimum Gasteiger partial charge on any atom is -0.391 e. The van der Waals surface area contributed by atoms with E-state index < -0.39 is 6.10 Å². The Hall–Kier alpha value is -3.49. The maximum atomic E-state index is 12.7. The number of likely N-dealkylation sites (N-methyl/N-ethyl adjacent to an activating group) is 1. The van der Waals surface area contributed by atoms with E-state index in [0.29, 0.717) is 36.6 Å². The summed E-state index contributed by atoms with van der Waals surface area (Å²) in [4.78, 5) is 28.2. The first kappa shape index (κ1) is 24.2. The zero-order valence-electron chi connectivity index (χ0n) is 21.2. The Labute approximate surface area is 212 Å². The van der Waals surface area contributed by atoms with Gasteiger partial charge in [0.05, 0.1) is 17.4 Å². The number of aromatic nitrogens is 2. The molecule has 0 radical (unpaired) electrons. The van der Waals surface area contributed by atoms with Crippen LogP contribution in [0.3, 0.4) is 0 Å². The number of β-amino-alcohol motifs (C(OH)–C–C–N with tert-alkyl or cyclic N) is 1. The van der Waals surface area contributed by atoms with Crippen LogP contribution in [0.15, 0.2) is 42.7 Å². The molecular weight excluding hydrogens is 452 g/mol. The van der Waals surface area contributed by atoms with E-state index in [4.69, 9.17) is 5.73 Å². The van der Waals surface area contributed by atoms with E-state index in [-0.39, 0.29) is 5.91 Å². The van der Waals surface area contributed by atoms with Gasteiger partial charge < -0.3 is 25.5 Å². The number of amides is 1. The topological polar surface area (TPSA) is 98.8 Å². The molecule has 1 atom stereocenters. The van der Waals surface area contributed by atoms with Crippen molar-refractivity contribution in [2.45, 2.75) is 26.4 Å². The molecule has 188 valence electrons. The maximum absolute atomic E-state index is 12.7. The Bertz CT molecular complexity index is 1240. The lowest BCUT2D eigenvalue weighted by Gasteiger charge is -2.36. The van der Waals surface area contributed by atoms with Gasteiger partial charge >= 0.3 is 0 Å². The Balaban J connectivity index is 1.40. The molecule has 0 saturated carbocycles. The number of hydrogen-bond acceptors (Lipinski definition) is 7. The fourth-order valence-corrected chi connectivity index (χ4v) is 5.28. The number of aliphatic hydroxyl groups is 1. The van der Waals surface area contributed by atoms with Crippen molar-refractivity contribution in [2.24, 2.45) is 0 Å². The summed E-state index contributed by atoms with van der Waals surface area (Å²) in [6.45, 7) is 9.49. The summed E-state index contributed by atoms with van der Waals surface area (Å²) < 4.78 is 0. The number of nitrogens with two attached hydrogens (primary N) is 1. The van der Waals surface area contributed by atoms with Crippen LogP contribution in [0.1, 0.15) is 27.9 Å². The summed E-state index contributed by atoms with van der Waals surface area (Å²) in [6, 6.07) is 10.0. The van der Waals surface area contributed by atoms with Crippen LogP contribution in [0, 0.1) is 13.8 Å². The molecule has 1 amide bonds. The molecule has 36 heavy (non-hydrogen) atoms. The van der Waals surface area contributed by atoms with Gasteiger partial charge in [0.2, 0.25) is 0 Å². The van der Waals surface area contributed by atoms with Gasteiger partial charge in [-0.1, -0.05) is 0 Å². The average Bonchev–Trinajstić information content (AvgIpc) is 3.31. The molecule has 0 spiro atoms. The molecule has 3 aromatic rings. The number of rotatable bonds is 4. The lowest BCUT2D eigenvalue weighted by Crippen LogP contribution is -2.45. The van der Waals surface area contributed by atoms with Gasteiger partial charge in [-0.05, 0) is 74.3 Å². The first-order chi connectivity index (χ1) is 17.3. The monoisotopic (exact) mass is 486 g/mol. The number of nitrogen functional groups attached to an aromatic ring is 1. The summed E-state index contributed by atoms with van der Waals surface area (Å²) in [7, 11) is 2.17. The zero-order valence-corrected chi connectivity index (χ0v) is 21.2. The van der Waals surface area contributed by atoms with Crippen molar-refractivity contribution in [3.63, 3.8) is 0 Å². The third kappa shape index (κ3) is 4.79. The standard InChI is InChI=1S/C28H34N6O2/c1-18-12-21(13-19(2)26(18)33-10-8-32(3)9-11-33)22-14-24(27(29)31-16-22)25-5-4-20(15-30-25)28(36)34-7-6-23(35)17-34/h4-5,12-16,23,35H,6-11,17H2,1-3H3,(H2,29,31)/t23-/m0/s1. The van der Waals surface area contributed by atoms with E-state index in [1.54, 1.807) is 23.4 Å². The molecule has 2 aliphatic rings. The molecule has 8 nitrogen and oxygen atoms in total. The van der Waals surface area contributed by atoms with Crippen LogP contribution in [-0.4, -0.2) is 83.2 Å². The minimum absolute atomic E-state index is 0.114. The normalized spacial score (nSPS) is 18.6. The molecule has 0 aliphatic carbocycles. The van der Waals surface area contributed by atoms with Gasteiger partial charge in [-0.15, -0.1) is 0 Å². The molecule has 3 N–H and O–H groups in total. The van der Waals surface area contributed by atoms with Crippen LogP contribution in [0.5, 0.6) is 0 Å². The Morgan fingerprint density at radius 2 is 1.69 bits per heavy atom. The van der Waals surface area contributed by atoms with Crippen molar-refractivity contribution < 1.29 is 9.90 Å². The number of likely N-dealkylation sites (tertiary alicyclic amines) is 1. The number of aryl methyl sites for hydroxylation is 2. The maximum Gasteiger partial charge on any atom is 0.255 e. The van der Waals surface area contributed by atoms with Crippen molar-refractivity contribution >= 4 is 17.4 Å². The summed E-state index contributed by atoms with van der Waals surface area (Å²) in [5, 5.41) is 9.73. The largest absolute Gasteiger partial charge is 0.391 e. The second-order valence-electron chi connectivity index (χ2n) is 10.0. The van der Waals surface area contributed by atoms with E-state index in [9.17, 15) is 9.90 Å². The minimum atomic E-state index is -0.447. The number of anilines is 2. The van der Waals surface area contributed by atoms with Crippen molar-refractivity contribution in [3.8, 4) is 22.4 Å². The summed E-state index contributed by atoms with van der Waals surface area (Å²) in [6.07, 6.45) is 3.55. The van der Waals surface area contributed by atoms with E-state index in [1.165, 1.54) is 16.8 Å². The summed E-state index contributed by atoms with van der Waals surface area (Å²) in [5.41, 5.74) is 14.0. The molecule has 0 unspecified atom stereocenters. The second kappa shape index (κ2) is 9.87. The van der Waals surface area contributed by atoms with E-state index in [1.807, 2.05) is 12.1 Å². The molecule has 2 aromatic heterocycles. The fraction of sp³-hybridized carbons (Fsp3) is 0.393. The van der Waals surface area contributed by atoms with Crippen LogP contribution in [-0.2, 0) is 0 Å². The van der Waals surface area contributed by atoms with Crippen molar-refractivity contribution in [2.75, 3.05) is 56.9 Å². The van der Waals surface area contributed by atoms with Gasteiger partial charge in [-0.2, -0.15) is 0 Å². The second-order valence-corrected chi connectivity index (χ2v) is 10.0. The molecule has 4 heterocycles. The lowest BCUT2D eigenvalue weighted by molar-refractivity contribution is 0.0764. The highest BCUT2D eigenvalue weighted by atomic mass is 16.3. The van der Waals surface area contributed by atoms with Gasteiger partial charge in [0, 0.05) is 68.5 Å². The lowest BCUT2D eigenvalue weighted by atomic mass is 9.97. The third-order valence-corrected chi connectivity index (χ3v) is 7.30. The molecule has 1 aromatic carbocycles. The summed E-state index contributed by atoms with van der Waals surface area (Å²) >= 11 is 0. The van der Waals surface area contributed by atoms with Crippen LogP contribution >= 0.6 is 0 Å². The number of benzene rings is 1. The van der Waals surface area contributed by atoms with Crippen LogP contribution in [0.4, 0.5) is 11.5 Å². The smallest absolute Gasteiger partial charge is 0.255 e. The summed E-state index contributed by atoms with van der Waals surface area (Å²) in [5.74, 6) is 0.285. The molecular formula is C28H34N6O2. The van der Waals surface area contributed by atoms with E-state index in [2.05, 4.69) is 52.8 Å². The van der Waals surface area contributed by atoms with E-state index in [0.717, 1.165) is 42.9 Å². The van der Waals surface area contributed by atoms with Crippen molar-refractivity contribution in [1.82, 2.24) is 19.8 Å². The van der Waals surface area contributed by atoms with Gasteiger partial charge in [0.1, 0.15) is 5.82 Å². The molecule has 2 saturated heterocycles. The zero-order chi connectivity index (χ0) is 25.4. The van der Waals surface area contributed by atoms with Crippen LogP contribution in [0.25, 0.3) is 22.4 Å². The molecule has 5 rings (SSSR count). The number of piperazine rings is 1. The molecule has 2 aliphatic heterocycles. The Morgan fingerprint density at radius 3 is 2.31 bits per heavy atom. The SMILES string of the molecule is Cc1cc(-c2cnc(N)c(-c3ccc(C(=O)N4CC[C@H](O)C4)cn3)c2)cc(C)c1N1CCN(C)CC1. The highest BCUT2D eigenvalue weighted by Gasteiger charge is 2.25. The quantitative estimate of drug-likeness (QED) is 0.585.